The maximum absolute atomic E-state index is 12.1. The average Bonchev–Trinajstić information content (AvgIpc) is 2.53. The largest absolute Gasteiger partial charge is 0.452 e. The fraction of sp³-hybridized carbons (Fsp3) is 0.263. The topological polar surface area (TPSA) is 55.4 Å². The van der Waals surface area contributed by atoms with Gasteiger partial charge in [-0.1, -0.05) is 41.9 Å². The average molecular weight is 346 g/mol. The minimum atomic E-state index is -0.902. The number of halogens is 1. The Hall–Kier alpha value is -2.33. The minimum absolute atomic E-state index is 0.130. The Morgan fingerprint density at radius 2 is 1.83 bits per heavy atom. The first-order valence-electron chi connectivity index (χ1n) is 7.68. The van der Waals surface area contributed by atoms with E-state index < -0.39 is 18.0 Å². The van der Waals surface area contributed by atoms with Gasteiger partial charge in [-0.05, 0) is 49.6 Å². The molecule has 0 saturated heterocycles. The summed E-state index contributed by atoms with van der Waals surface area (Å²) in [5.41, 5.74) is 3.63. The van der Waals surface area contributed by atoms with E-state index >= 15 is 0 Å². The Kier molecular flexibility index (Phi) is 5.99. The van der Waals surface area contributed by atoms with Crippen LogP contribution in [-0.4, -0.2) is 18.0 Å². The van der Waals surface area contributed by atoms with Crippen molar-refractivity contribution in [2.75, 3.05) is 5.32 Å². The van der Waals surface area contributed by atoms with Gasteiger partial charge in [0.25, 0.3) is 5.91 Å². The van der Waals surface area contributed by atoms with Crippen LogP contribution in [0.15, 0.2) is 42.5 Å². The van der Waals surface area contributed by atoms with Crippen LogP contribution < -0.4 is 5.32 Å². The van der Waals surface area contributed by atoms with Gasteiger partial charge in [0.1, 0.15) is 0 Å². The van der Waals surface area contributed by atoms with Gasteiger partial charge in [0, 0.05) is 0 Å². The van der Waals surface area contributed by atoms with Crippen molar-refractivity contribution in [3.8, 4) is 0 Å². The second-order valence-corrected chi connectivity index (χ2v) is 6.10. The summed E-state index contributed by atoms with van der Waals surface area (Å²) in [5, 5.41) is 3.08. The Balaban J connectivity index is 1.92. The Bertz CT molecular complexity index is 758. The second kappa shape index (κ2) is 7.97. The van der Waals surface area contributed by atoms with Crippen molar-refractivity contribution in [3.05, 3.63) is 64.2 Å². The third-order valence-corrected chi connectivity index (χ3v) is 4.06. The van der Waals surface area contributed by atoms with Gasteiger partial charge >= 0.3 is 5.97 Å². The number of hydrogen-bond acceptors (Lipinski definition) is 3. The van der Waals surface area contributed by atoms with Gasteiger partial charge in [-0.25, -0.2) is 0 Å². The number of hydrogen-bond donors (Lipinski definition) is 1. The number of nitrogens with one attached hydrogen (secondary N) is 1. The molecule has 5 heteroatoms. The molecule has 0 aromatic heterocycles. The third-order valence-electron chi connectivity index (χ3n) is 3.73. The molecule has 2 rings (SSSR count). The second-order valence-electron chi connectivity index (χ2n) is 5.70. The molecule has 126 valence electrons. The summed E-state index contributed by atoms with van der Waals surface area (Å²) in [4.78, 5) is 24.1. The summed E-state index contributed by atoms with van der Waals surface area (Å²) in [6, 6.07) is 12.7. The summed E-state index contributed by atoms with van der Waals surface area (Å²) in [5.74, 6) is -0.864. The molecule has 2 aromatic rings. The predicted molar refractivity (Wildman–Crippen MR) is 95.3 cm³/mol. The molecule has 4 nitrogen and oxygen atoms in total. The smallest absolute Gasteiger partial charge is 0.311 e. The van der Waals surface area contributed by atoms with Gasteiger partial charge in [0.05, 0.1) is 17.1 Å². The molecule has 0 fully saturated rings. The Labute approximate surface area is 146 Å². The molecule has 0 aliphatic heterocycles. The molecule has 24 heavy (non-hydrogen) atoms. The lowest BCUT2D eigenvalue weighted by atomic mass is 10.0. The van der Waals surface area contributed by atoms with Gasteiger partial charge in [0.2, 0.25) is 0 Å². The first-order chi connectivity index (χ1) is 11.4. The molecule has 0 bridgehead atoms. The van der Waals surface area contributed by atoms with E-state index in [4.69, 9.17) is 16.3 Å². The van der Waals surface area contributed by atoms with Crippen LogP contribution >= 0.6 is 11.6 Å². The van der Waals surface area contributed by atoms with E-state index in [0.29, 0.717) is 10.7 Å². The van der Waals surface area contributed by atoms with Crippen LogP contribution in [0.3, 0.4) is 0 Å². The molecule has 0 unspecified atom stereocenters. The highest BCUT2D eigenvalue weighted by atomic mass is 35.5. The molecule has 0 aliphatic rings. The first-order valence-corrected chi connectivity index (χ1v) is 8.05. The normalized spacial score (nSPS) is 11.7. The number of amides is 1. The number of anilines is 1. The van der Waals surface area contributed by atoms with E-state index in [2.05, 4.69) is 5.32 Å². The summed E-state index contributed by atoms with van der Waals surface area (Å²) in [6.45, 7) is 5.53. The molecule has 1 atom stereocenters. The maximum Gasteiger partial charge on any atom is 0.311 e. The number of ether oxygens (including phenoxy) is 1. The van der Waals surface area contributed by atoms with Gasteiger partial charge < -0.3 is 10.1 Å². The predicted octanol–water partition coefficient (Wildman–Crippen LogP) is 4.07. The van der Waals surface area contributed by atoms with Crippen molar-refractivity contribution in [1.82, 2.24) is 0 Å². The summed E-state index contributed by atoms with van der Waals surface area (Å²) < 4.78 is 5.20. The van der Waals surface area contributed by atoms with Crippen LogP contribution in [0.2, 0.25) is 5.02 Å². The van der Waals surface area contributed by atoms with Crippen LogP contribution in [-0.2, 0) is 20.7 Å². The van der Waals surface area contributed by atoms with Crippen LogP contribution in [0.4, 0.5) is 5.69 Å². The third kappa shape index (κ3) is 4.83. The molecule has 1 amide bonds. The zero-order chi connectivity index (χ0) is 17.7. The number of esters is 1. The van der Waals surface area contributed by atoms with Gasteiger partial charge in [0.15, 0.2) is 6.10 Å². The zero-order valence-electron chi connectivity index (χ0n) is 13.9. The molecule has 0 aliphatic carbocycles. The Morgan fingerprint density at radius 1 is 1.12 bits per heavy atom. The number of benzene rings is 2. The van der Waals surface area contributed by atoms with Gasteiger partial charge in [-0.2, -0.15) is 0 Å². The minimum Gasteiger partial charge on any atom is -0.452 e. The highest BCUT2D eigenvalue weighted by Crippen LogP contribution is 2.20. The lowest BCUT2D eigenvalue weighted by Gasteiger charge is -2.14. The fourth-order valence-corrected chi connectivity index (χ4v) is 2.35. The maximum atomic E-state index is 12.1. The number of rotatable bonds is 5. The monoisotopic (exact) mass is 345 g/mol. The van der Waals surface area contributed by atoms with Crippen molar-refractivity contribution in [3.63, 3.8) is 0 Å². The van der Waals surface area contributed by atoms with Crippen molar-refractivity contribution in [1.29, 1.82) is 0 Å². The summed E-state index contributed by atoms with van der Waals surface area (Å²) >= 11 is 5.99. The van der Waals surface area contributed by atoms with E-state index in [1.165, 1.54) is 12.5 Å². The standard InChI is InChI=1S/C19H20ClNO3/c1-12-8-9-15(10-13(12)2)11-18(22)24-14(3)19(23)21-17-7-5-4-6-16(17)20/h4-10,14H,11H2,1-3H3,(H,21,23)/t14-/m1/s1. The van der Waals surface area contributed by atoms with E-state index in [1.807, 2.05) is 32.0 Å². The van der Waals surface area contributed by atoms with E-state index in [0.717, 1.165) is 11.1 Å². The SMILES string of the molecule is Cc1ccc(CC(=O)O[C@H](C)C(=O)Nc2ccccc2Cl)cc1C. The molecule has 1 N–H and O–H groups in total. The van der Waals surface area contributed by atoms with Gasteiger partial charge in [-0.3, -0.25) is 9.59 Å². The molecule has 2 aromatic carbocycles. The van der Waals surface area contributed by atoms with Crippen molar-refractivity contribution in [2.24, 2.45) is 0 Å². The molecule has 0 heterocycles. The summed E-state index contributed by atoms with van der Waals surface area (Å²) in [7, 11) is 0. The van der Waals surface area contributed by atoms with Gasteiger partial charge in [-0.15, -0.1) is 0 Å². The van der Waals surface area contributed by atoms with Crippen molar-refractivity contribution >= 4 is 29.2 Å². The van der Waals surface area contributed by atoms with Crippen molar-refractivity contribution < 1.29 is 14.3 Å². The number of carbonyl (C=O) groups is 2. The van der Waals surface area contributed by atoms with Crippen LogP contribution in [0.5, 0.6) is 0 Å². The molecule has 0 radical (unpaired) electrons. The zero-order valence-corrected chi connectivity index (χ0v) is 14.7. The van der Waals surface area contributed by atoms with E-state index in [9.17, 15) is 9.59 Å². The number of carbonyl (C=O) groups excluding carboxylic acids is 2. The molecular formula is C19H20ClNO3. The lowest BCUT2D eigenvalue weighted by molar-refractivity contribution is -0.152. The highest BCUT2D eigenvalue weighted by molar-refractivity contribution is 6.33. The van der Waals surface area contributed by atoms with E-state index in [-0.39, 0.29) is 6.42 Å². The van der Waals surface area contributed by atoms with Crippen LogP contribution in [0.1, 0.15) is 23.6 Å². The number of para-hydroxylation sites is 1. The van der Waals surface area contributed by atoms with E-state index in [1.54, 1.807) is 24.3 Å². The molecule has 0 spiro atoms. The van der Waals surface area contributed by atoms with Crippen molar-refractivity contribution in [2.45, 2.75) is 33.3 Å². The van der Waals surface area contributed by atoms with Crippen LogP contribution in [0, 0.1) is 13.8 Å². The first kappa shape index (κ1) is 18.0. The number of aryl methyl sites for hydroxylation is 2. The Morgan fingerprint density at radius 3 is 2.50 bits per heavy atom. The lowest BCUT2D eigenvalue weighted by Crippen LogP contribution is -2.30. The molecular weight excluding hydrogens is 326 g/mol. The summed E-state index contributed by atoms with van der Waals surface area (Å²) in [6.07, 6.45) is -0.773. The molecule has 0 saturated carbocycles. The van der Waals surface area contributed by atoms with Crippen LogP contribution in [0.25, 0.3) is 0 Å². The highest BCUT2D eigenvalue weighted by Gasteiger charge is 2.19. The fourth-order valence-electron chi connectivity index (χ4n) is 2.17. The quantitative estimate of drug-likeness (QED) is 0.831.